The first-order valence-corrected chi connectivity index (χ1v) is 6.32. The maximum absolute atomic E-state index is 11.2. The number of nitrogens with zero attached hydrogens (tertiary/aromatic N) is 2. The zero-order valence-corrected chi connectivity index (χ0v) is 12.0. The van der Waals surface area contributed by atoms with E-state index in [9.17, 15) is 14.9 Å². The molecule has 0 aliphatic rings. The summed E-state index contributed by atoms with van der Waals surface area (Å²) in [6.45, 7) is 1.13. The number of carbonyl (C=O) groups is 1. The minimum absolute atomic E-state index is 0.0234. The van der Waals surface area contributed by atoms with Crippen LogP contribution in [0, 0.1) is 10.1 Å². The van der Waals surface area contributed by atoms with Gasteiger partial charge in [-0.15, -0.1) is 0 Å². The average Bonchev–Trinajstić information content (AvgIpc) is 2.44. The third-order valence-corrected chi connectivity index (χ3v) is 3.01. The van der Waals surface area contributed by atoms with Gasteiger partial charge in [0.2, 0.25) is 5.91 Å². The minimum Gasteiger partial charge on any atom is -0.388 e. The number of non-ortho nitro benzene ring substituents is 1. The number of hydrogen-bond acceptors (Lipinski definition) is 5. The second kappa shape index (κ2) is 7.44. The smallest absolute Gasteiger partial charge is 0.269 e. The molecule has 20 heavy (non-hydrogen) atoms. The molecule has 0 unspecified atom stereocenters. The maximum atomic E-state index is 11.2. The van der Waals surface area contributed by atoms with Crippen LogP contribution in [0.25, 0.3) is 0 Å². The number of anilines is 1. The molecule has 0 radical (unpaired) electrons. The van der Waals surface area contributed by atoms with Crippen molar-refractivity contribution in [1.82, 2.24) is 10.2 Å². The van der Waals surface area contributed by atoms with Gasteiger partial charge in [-0.05, 0) is 18.7 Å². The lowest BCUT2D eigenvalue weighted by Gasteiger charge is -2.18. The number of nitrogens with one attached hydrogen (secondary N) is 2. The molecular weight excluding hydrogens is 260 g/mol. The topological polar surface area (TPSA) is 87.5 Å². The van der Waals surface area contributed by atoms with E-state index < -0.39 is 4.92 Å². The van der Waals surface area contributed by atoms with Gasteiger partial charge in [-0.1, -0.05) is 0 Å². The van der Waals surface area contributed by atoms with Crippen LogP contribution in [0.5, 0.6) is 0 Å². The third-order valence-electron chi connectivity index (χ3n) is 3.01. The highest BCUT2D eigenvalue weighted by molar-refractivity contribution is 5.75. The predicted octanol–water partition coefficient (Wildman–Crippen LogP) is 1.20. The van der Waals surface area contributed by atoms with Crippen LogP contribution in [0.4, 0.5) is 11.4 Å². The van der Waals surface area contributed by atoms with Gasteiger partial charge >= 0.3 is 0 Å². The molecule has 0 spiro atoms. The molecule has 0 aliphatic heterocycles. The SMILES string of the molecule is CNC(=O)CCN(C)Cc1cc([N+](=O)[O-])ccc1NC. The monoisotopic (exact) mass is 280 g/mol. The zero-order chi connectivity index (χ0) is 15.1. The fourth-order valence-electron chi connectivity index (χ4n) is 1.86. The molecule has 0 saturated carbocycles. The van der Waals surface area contributed by atoms with Crippen molar-refractivity contribution < 1.29 is 9.72 Å². The predicted molar refractivity (Wildman–Crippen MR) is 77.7 cm³/mol. The minimum atomic E-state index is -0.409. The number of nitro groups is 1. The van der Waals surface area contributed by atoms with Crippen LogP contribution in [0.15, 0.2) is 18.2 Å². The van der Waals surface area contributed by atoms with Gasteiger partial charge in [0.25, 0.3) is 5.69 Å². The van der Waals surface area contributed by atoms with Crippen LogP contribution < -0.4 is 10.6 Å². The summed E-state index contributed by atoms with van der Waals surface area (Å²) in [6, 6.07) is 4.72. The fraction of sp³-hybridized carbons (Fsp3) is 0.462. The molecule has 1 amide bonds. The van der Waals surface area contributed by atoms with E-state index in [1.54, 1.807) is 26.2 Å². The van der Waals surface area contributed by atoms with Crippen molar-refractivity contribution in [3.63, 3.8) is 0 Å². The van der Waals surface area contributed by atoms with Crippen molar-refractivity contribution in [2.45, 2.75) is 13.0 Å². The maximum Gasteiger partial charge on any atom is 0.269 e. The number of amides is 1. The molecule has 2 N–H and O–H groups in total. The van der Waals surface area contributed by atoms with Crippen LogP contribution in [0.2, 0.25) is 0 Å². The lowest BCUT2D eigenvalue weighted by atomic mass is 10.1. The summed E-state index contributed by atoms with van der Waals surface area (Å²) in [5.41, 5.74) is 1.75. The van der Waals surface area contributed by atoms with E-state index in [0.717, 1.165) is 11.3 Å². The van der Waals surface area contributed by atoms with E-state index >= 15 is 0 Å². The lowest BCUT2D eigenvalue weighted by molar-refractivity contribution is -0.384. The second-order valence-electron chi connectivity index (χ2n) is 4.51. The Kier molecular flexibility index (Phi) is 5.92. The van der Waals surface area contributed by atoms with Gasteiger partial charge in [-0.2, -0.15) is 0 Å². The number of rotatable bonds is 7. The average molecular weight is 280 g/mol. The first kappa shape index (κ1) is 15.9. The molecule has 110 valence electrons. The largest absolute Gasteiger partial charge is 0.388 e. The zero-order valence-electron chi connectivity index (χ0n) is 12.0. The Morgan fingerprint density at radius 2 is 2.10 bits per heavy atom. The van der Waals surface area contributed by atoms with Gasteiger partial charge in [-0.3, -0.25) is 14.9 Å². The van der Waals surface area contributed by atoms with Crippen LogP contribution >= 0.6 is 0 Å². The van der Waals surface area contributed by atoms with Gasteiger partial charge < -0.3 is 15.5 Å². The molecule has 0 bridgehead atoms. The van der Waals surface area contributed by atoms with E-state index in [1.807, 2.05) is 11.9 Å². The summed E-state index contributed by atoms with van der Waals surface area (Å²) in [4.78, 5) is 23.6. The molecule has 7 nitrogen and oxygen atoms in total. The van der Waals surface area contributed by atoms with Crippen molar-refractivity contribution in [1.29, 1.82) is 0 Å². The van der Waals surface area contributed by atoms with Gasteiger partial charge in [0.15, 0.2) is 0 Å². The Balaban J connectivity index is 2.76. The normalized spacial score (nSPS) is 10.4. The second-order valence-corrected chi connectivity index (χ2v) is 4.51. The van der Waals surface area contributed by atoms with Crippen molar-refractivity contribution in [3.05, 3.63) is 33.9 Å². The van der Waals surface area contributed by atoms with Crippen LogP contribution in [-0.2, 0) is 11.3 Å². The molecule has 0 aromatic heterocycles. The van der Waals surface area contributed by atoms with Gasteiger partial charge in [0.05, 0.1) is 4.92 Å². The van der Waals surface area contributed by atoms with Gasteiger partial charge in [0.1, 0.15) is 0 Å². The van der Waals surface area contributed by atoms with Crippen LogP contribution in [0.1, 0.15) is 12.0 Å². The Morgan fingerprint density at radius 3 is 2.65 bits per heavy atom. The summed E-state index contributed by atoms with van der Waals surface area (Å²) in [7, 11) is 5.25. The highest BCUT2D eigenvalue weighted by Gasteiger charge is 2.12. The number of nitro benzene ring substituents is 1. The van der Waals surface area contributed by atoms with Gasteiger partial charge in [-0.25, -0.2) is 0 Å². The van der Waals surface area contributed by atoms with Crippen LogP contribution in [-0.4, -0.2) is 43.4 Å². The highest BCUT2D eigenvalue weighted by atomic mass is 16.6. The molecular formula is C13H20N4O3. The fourth-order valence-corrected chi connectivity index (χ4v) is 1.86. The Bertz CT molecular complexity index is 491. The van der Waals surface area contributed by atoms with E-state index in [0.29, 0.717) is 19.5 Å². The number of hydrogen-bond donors (Lipinski definition) is 2. The van der Waals surface area contributed by atoms with Gasteiger partial charge in [0, 0.05) is 51.4 Å². The molecule has 0 fully saturated rings. The molecule has 0 atom stereocenters. The lowest BCUT2D eigenvalue weighted by Crippen LogP contribution is -2.26. The van der Waals surface area contributed by atoms with E-state index in [2.05, 4.69) is 10.6 Å². The summed E-state index contributed by atoms with van der Waals surface area (Å²) in [6.07, 6.45) is 0.400. The van der Waals surface area contributed by atoms with Crippen molar-refractivity contribution in [2.75, 3.05) is 33.0 Å². The summed E-state index contributed by atoms with van der Waals surface area (Å²) in [5.74, 6) is -0.0234. The Hall–Kier alpha value is -2.15. The summed E-state index contributed by atoms with van der Waals surface area (Å²) in [5, 5.41) is 16.4. The van der Waals surface area contributed by atoms with Crippen molar-refractivity contribution >= 4 is 17.3 Å². The van der Waals surface area contributed by atoms with Crippen molar-refractivity contribution in [2.24, 2.45) is 0 Å². The molecule has 0 heterocycles. The Morgan fingerprint density at radius 1 is 1.40 bits per heavy atom. The molecule has 0 aliphatic carbocycles. The quantitative estimate of drug-likeness (QED) is 0.579. The standard InChI is InChI=1S/C13H20N4O3/c1-14-12-5-4-11(17(19)20)8-10(12)9-16(3)7-6-13(18)15-2/h4-5,8,14H,6-7,9H2,1-3H3,(H,15,18). The first-order valence-electron chi connectivity index (χ1n) is 6.32. The summed E-state index contributed by atoms with van der Waals surface area (Å²) >= 11 is 0. The molecule has 1 aromatic carbocycles. The molecule has 7 heteroatoms. The Labute approximate surface area is 118 Å². The van der Waals surface area contributed by atoms with E-state index in [1.165, 1.54) is 6.07 Å². The third kappa shape index (κ3) is 4.51. The van der Waals surface area contributed by atoms with E-state index in [-0.39, 0.29) is 11.6 Å². The number of benzene rings is 1. The summed E-state index contributed by atoms with van der Waals surface area (Å²) < 4.78 is 0. The van der Waals surface area contributed by atoms with Crippen LogP contribution in [0.3, 0.4) is 0 Å². The van der Waals surface area contributed by atoms with Crippen molar-refractivity contribution in [3.8, 4) is 0 Å². The molecule has 1 aromatic rings. The number of carbonyl (C=O) groups excluding carboxylic acids is 1. The molecule has 0 saturated heterocycles. The van der Waals surface area contributed by atoms with E-state index in [4.69, 9.17) is 0 Å². The first-order chi connectivity index (χ1) is 9.47. The highest BCUT2D eigenvalue weighted by Crippen LogP contribution is 2.22. The molecule has 1 rings (SSSR count).